The first-order valence-corrected chi connectivity index (χ1v) is 8.01. The van der Waals surface area contributed by atoms with Gasteiger partial charge in [0.05, 0.1) is 4.88 Å². The lowest BCUT2D eigenvalue weighted by molar-refractivity contribution is 0.631. The third kappa shape index (κ3) is 2.37. The highest BCUT2D eigenvalue weighted by Gasteiger charge is 2.13. The summed E-state index contributed by atoms with van der Waals surface area (Å²) in [7, 11) is 1.81. The van der Waals surface area contributed by atoms with Crippen molar-refractivity contribution in [2.75, 3.05) is 12.4 Å². The van der Waals surface area contributed by atoms with Crippen molar-refractivity contribution in [1.29, 1.82) is 0 Å². The Morgan fingerprint density at radius 1 is 1.13 bits per heavy atom. The van der Waals surface area contributed by atoms with E-state index >= 15 is 0 Å². The Balaban J connectivity index is 1.93. The Bertz CT molecular complexity index is 976. The molecule has 0 aliphatic rings. The molecule has 0 aliphatic carbocycles. The molecule has 0 unspecified atom stereocenters. The maximum Gasteiger partial charge on any atom is 0.192 e. The van der Waals surface area contributed by atoms with E-state index in [1.807, 2.05) is 42.8 Å². The maximum atomic E-state index is 14.1. The maximum absolute atomic E-state index is 14.1. The fourth-order valence-electron chi connectivity index (χ4n) is 2.52. The lowest BCUT2D eigenvalue weighted by atomic mass is 10.1. The molecule has 0 aliphatic heterocycles. The molecule has 0 saturated carbocycles. The average Bonchev–Trinajstić information content (AvgIpc) is 3.23. The summed E-state index contributed by atoms with van der Waals surface area (Å²) >= 11 is 1.59. The highest BCUT2D eigenvalue weighted by atomic mass is 32.1. The zero-order valence-electron chi connectivity index (χ0n) is 12.3. The number of nitrogens with zero attached hydrogens (tertiary/aromatic N) is 3. The summed E-state index contributed by atoms with van der Waals surface area (Å²) in [5.74, 6) is 1.18. The third-order valence-corrected chi connectivity index (χ3v) is 4.49. The Labute approximate surface area is 136 Å². The van der Waals surface area contributed by atoms with Crippen molar-refractivity contribution < 1.29 is 4.39 Å². The molecule has 3 heterocycles. The van der Waals surface area contributed by atoms with Gasteiger partial charge in [-0.1, -0.05) is 24.3 Å². The second kappa shape index (κ2) is 5.48. The summed E-state index contributed by atoms with van der Waals surface area (Å²) < 4.78 is 15.8. The summed E-state index contributed by atoms with van der Waals surface area (Å²) in [6, 6.07) is 14.4. The van der Waals surface area contributed by atoms with Gasteiger partial charge in [0.2, 0.25) is 0 Å². The monoisotopic (exact) mass is 324 g/mol. The summed E-state index contributed by atoms with van der Waals surface area (Å²) in [5.41, 5.74) is 2.00. The van der Waals surface area contributed by atoms with E-state index in [9.17, 15) is 4.39 Å². The van der Waals surface area contributed by atoms with Crippen LogP contribution in [0.2, 0.25) is 0 Å². The minimum absolute atomic E-state index is 0.253. The quantitative estimate of drug-likeness (QED) is 0.611. The first-order chi connectivity index (χ1) is 11.3. The number of benzene rings is 1. The summed E-state index contributed by atoms with van der Waals surface area (Å²) in [5, 5.41) is 9.63. The van der Waals surface area contributed by atoms with Crippen LogP contribution in [-0.2, 0) is 0 Å². The number of aromatic nitrogens is 3. The fourth-order valence-corrected chi connectivity index (χ4v) is 3.18. The fraction of sp³-hybridized carbons (Fsp3) is 0.0588. The van der Waals surface area contributed by atoms with Gasteiger partial charge in [-0.3, -0.25) is 0 Å². The number of hydrogen-bond donors (Lipinski definition) is 1. The van der Waals surface area contributed by atoms with Crippen LogP contribution in [0.25, 0.3) is 27.5 Å². The molecule has 0 saturated heterocycles. The molecule has 114 valence electrons. The molecule has 6 heteroatoms. The number of anilines is 1. The number of fused-ring (bicyclic) bond motifs is 1. The normalized spacial score (nSPS) is 11.0. The van der Waals surface area contributed by atoms with E-state index in [0.29, 0.717) is 17.0 Å². The van der Waals surface area contributed by atoms with Crippen LogP contribution in [0.1, 0.15) is 0 Å². The van der Waals surface area contributed by atoms with E-state index in [1.165, 1.54) is 6.07 Å². The van der Waals surface area contributed by atoms with Crippen molar-refractivity contribution >= 4 is 22.8 Å². The zero-order valence-corrected chi connectivity index (χ0v) is 13.1. The van der Waals surface area contributed by atoms with Gasteiger partial charge in [-0.05, 0) is 35.2 Å². The van der Waals surface area contributed by atoms with Gasteiger partial charge in [0.15, 0.2) is 11.5 Å². The Morgan fingerprint density at radius 2 is 2.00 bits per heavy atom. The van der Waals surface area contributed by atoms with Crippen LogP contribution < -0.4 is 5.32 Å². The molecule has 1 aromatic carbocycles. The highest BCUT2D eigenvalue weighted by Crippen LogP contribution is 2.29. The first-order valence-electron chi connectivity index (χ1n) is 7.13. The molecule has 0 radical (unpaired) electrons. The van der Waals surface area contributed by atoms with Gasteiger partial charge >= 0.3 is 0 Å². The number of thiophene rings is 1. The van der Waals surface area contributed by atoms with E-state index in [-0.39, 0.29) is 5.82 Å². The number of rotatable bonds is 3. The van der Waals surface area contributed by atoms with E-state index in [2.05, 4.69) is 15.4 Å². The minimum atomic E-state index is -0.253. The molecule has 0 spiro atoms. The van der Waals surface area contributed by atoms with Crippen molar-refractivity contribution in [2.24, 2.45) is 0 Å². The van der Waals surface area contributed by atoms with Crippen LogP contribution in [-0.4, -0.2) is 21.6 Å². The molecule has 0 amide bonds. The van der Waals surface area contributed by atoms with Crippen molar-refractivity contribution in [2.45, 2.75) is 0 Å². The van der Waals surface area contributed by atoms with E-state index in [4.69, 9.17) is 0 Å². The van der Waals surface area contributed by atoms with Gasteiger partial charge in [-0.25, -0.2) is 9.37 Å². The summed E-state index contributed by atoms with van der Waals surface area (Å²) in [6.45, 7) is 0. The summed E-state index contributed by atoms with van der Waals surface area (Å²) in [4.78, 5) is 5.58. The van der Waals surface area contributed by atoms with Gasteiger partial charge in [0.25, 0.3) is 0 Å². The Hall–Kier alpha value is -2.73. The van der Waals surface area contributed by atoms with Gasteiger partial charge in [0.1, 0.15) is 11.6 Å². The van der Waals surface area contributed by atoms with Crippen LogP contribution in [0.4, 0.5) is 10.2 Å². The molecule has 0 bridgehead atoms. The average molecular weight is 324 g/mol. The molecule has 0 atom stereocenters. The molecule has 4 nitrogen and oxygen atoms in total. The topological polar surface area (TPSA) is 42.2 Å². The molecule has 1 N–H and O–H groups in total. The van der Waals surface area contributed by atoms with Crippen LogP contribution in [0, 0.1) is 5.82 Å². The lowest BCUT2D eigenvalue weighted by Gasteiger charge is -2.08. The molecule has 0 fully saturated rings. The van der Waals surface area contributed by atoms with Gasteiger partial charge in [-0.2, -0.15) is 4.52 Å². The zero-order chi connectivity index (χ0) is 15.8. The second-order valence-corrected chi connectivity index (χ2v) is 5.99. The van der Waals surface area contributed by atoms with Crippen LogP contribution in [0.15, 0.2) is 53.9 Å². The molecule has 23 heavy (non-hydrogen) atoms. The second-order valence-electron chi connectivity index (χ2n) is 5.04. The molecule has 4 aromatic rings. The predicted molar refractivity (Wildman–Crippen MR) is 91.2 cm³/mol. The van der Waals surface area contributed by atoms with E-state index in [1.54, 1.807) is 28.0 Å². The Kier molecular flexibility index (Phi) is 3.31. The first kappa shape index (κ1) is 13.9. The largest absolute Gasteiger partial charge is 0.373 e. The van der Waals surface area contributed by atoms with Crippen molar-refractivity contribution in [1.82, 2.24) is 14.6 Å². The standard InChI is InChI=1S/C17H13FN4S/c1-19-15-9-11(12-5-2-3-6-13(12)18)10-16-20-17(21-22(15)16)14-7-4-8-23-14/h2-10,19H,1H3. The van der Waals surface area contributed by atoms with Crippen molar-refractivity contribution in [3.8, 4) is 21.8 Å². The summed E-state index contributed by atoms with van der Waals surface area (Å²) in [6.07, 6.45) is 0. The SMILES string of the molecule is CNc1cc(-c2ccccc2F)cc2nc(-c3cccs3)nn12. The van der Waals surface area contributed by atoms with E-state index < -0.39 is 0 Å². The lowest BCUT2D eigenvalue weighted by Crippen LogP contribution is -2.00. The van der Waals surface area contributed by atoms with Gasteiger partial charge < -0.3 is 5.32 Å². The molecular weight excluding hydrogens is 311 g/mol. The predicted octanol–water partition coefficient (Wildman–Crippen LogP) is 4.31. The van der Waals surface area contributed by atoms with Gasteiger partial charge in [0, 0.05) is 12.6 Å². The van der Waals surface area contributed by atoms with Crippen molar-refractivity contribution in [3.63, 3.8) is 0 Å². The Morgan fingerprint density at radius 3 is 2.74 bits per heavy atom. The van der Waals surface area contributed by atoms with Crippen molar-refractivity contribution in [3.05, 3.63) is 59.7 Å². The smallest absolute Gasteiger partial charge is 0.192 e. The third-order valence-electron chi connectivity index (χ3n) is 3.62. The van der Waals surface area contributed by atoms with Gasteiger partial charge in [-0.15, -0.1) is 16.4 Å². The molecular formula is C17H13FN4S. The number of hydrogen-bond acceptors (Lipinski definition) is 4. The van der Waals surface area contributed by atoms with Crippen LogP contribution in [0.3, 0.4) is 0 Å². The van der Waals surface area contributed by atoms with Crippen LogP contribution >= 0.6 is 11.3 Å². The molecule has 4 rings (SSSR count). The highest BCUT2D eigenvalue weighted by molar-refractivity contribution is 7.13. The number of nitrogens with one attached hydrogen (secondary N) is 1. The minimum Gasteiger partial charge on any atom is -0.373 e. The number of pyridine rings is 1. The number of halogens is 1. The van der Waals surface area contributed by atoms with Crippen LogP contribution in [0.5, 0.6) is 0 Å². The van der Waals surface area contributed by atoms with E-state index in [0.717, 1.165) is 16.3 Å². The molecule has 3 aromatic heterocycles.